The molecule has 1 fully saturated rings. The van der Waals surface area contributed by atoms with E-state index in [4.69, 9.17) is 0 Å². The molecule has 1 unspecified atom stereocenters. The van der Waals surface area contributed by atoms with Crippen molar-refractivity contribution < 1.29 is 9.50 Å². The third kappa shape index (κ3) is 4.17. The fraction of sp³-hybridized carbons (Fsp3) is 0.647. The molecule has 0 bridgehead atoms. The smallest absolute Gasteiger partial charge is 0.146 e. The molecule has 1 aromatic carbocycles. The van der Waals surface area contributed by atoms with E-state index in [1.807, 2.05) is 6.07 Å². The summed E-state index contributed by atoms with van der Waals surface area (Å²) in [5.41, 5.74) is 1.66. The quantitative estimate of drug-likeness (QED) is 0.847. The van der Waals surface area contributed by atoms with Gasteiger partial charge in [0.1, 0.15) is 5.82 Å². The molecule has 1 saturated heterocycles. The second-order valence-electron chi connectivity index (χ2n) is 6.30. The van der Waals surface area contributed by atoms with E-state index in [9.17, 15) is 9.50 Å². The molecule has 21 heavy (non-hydrogen) atoms. The number of para-hydroxylation sites is 1. The first-order valence-electron chi connectivity index (χ1n) is 7.99. The molecule has 1 atom stereocenters. The van der Waals surface area contributed by atoms with Gasteiger partial charge in [-0.1, -0.05) is 26.0 Å². The number of hydrogen-bond donors (Lipinski definition) is 2. The number of piperidine rings is 1. The summed E-state index contributed by atoms with van der Waals surface area (Å²) in [4.78, 5) is 2.06. The van der Waals surface area contributed by atoms with Crippen LogP contribution < -0.4 is 10.2 Å². The minimum absolute atomic E-state index is 0.0412. The van der Waals surface area contributed by atoms with Gasteiger partial charge >= 0.3 is 0 Å². The predicted octanol–water partition coefficient (Wildman–Crippen LogP) is 2.92. The zero-order valence-electron chi connectivity index (χ0n) is 13.1. The van der Waals surface area contributed by atoms with E-state index < -0.39 is 0 Å². The van der Waals surface area contributed by atoms with Gasteiger partial charge in [0.15, 0.2) is 0 Å². The monoisotopic (exact) mass is 294 g/mol. The molecule has 3 nitrogen and oxygen atoms in total. The Hall–Kier alpha value is -1.13. The van der Waals surface area contributed by atoms with Crippen molar-refractivity contribution in [1.29, 1.82) is 0 Å². The van der Waals surface area contributed by atoms with Crippen molar-refractivity contribution in [2.24, 2.45) is 5.92 Å². The number of rotatable bonds is 6. The van der Waals surface area contributed by atoms with Crippen molar-refractivity contribution in [3.05, 3.63) is 29.6 Å². The minimum Gasteiger partial charge on any atom is -0.394 e. The summed E-state index contributed by atoms with van der Waals surface area (Å²) >= 11 is 0. The molecule has 1 heterocycles. The summed E-state index contributed by atoms with van der Waals surface area (Å²) in [6, 6.07) is 5.31. The summed E-state index contributed by atoms with van der Waals surface area (Å²) in [7, 11) is 0. The van der Waals surface area contributed by atoms with Crippen LogP contribution in [0.1, 0.15) is 38.7 Å². The number of aliphatic hydroxyl groups excluding tert-OH is 1. The van der Waals surface area contributed by atoms with Gasteiger partial charge in [-0.15, -0.1) is 0 Å². The van der Waals surface area contributed by atoms with Crippen LogP contribution in [0.25, 0.3) is 0 Å². The van der Waals surface area contributed by atoms with Crippen LogP contribution in [-0.4, -0.2) is 30.8 Å². The van der Waals surface area contributed by atoms with Crippen molar-refractivity contribution in [3.8, 4) is 0 Å². The maximum Gasteiger partial charge on any atom is 0.146 e. The largest absolute Gasteiger partial charge is 0.394 e. The SMILES string of the molecule is CC(C)CNCc1cccc(F)c1N1CCCCC1CO. The van der Waals surface area contributed by atoms with Crippen LogP contribution >= 0.6 is 0 Å². The van der Waals surface area contributed by atoms with Gasteiger partial charge in [0.25, 0.3) is 0 Å². The van der Waals surface area contributed by atoms with E-state index >= 15 is 0 Å². The van der Waals surface area contributed by atoms with E-state index in [1.165, 1.54) is 6.07 Å². The van der Waals surface area contributed by atoms with Crippen molar-refractivity contribution in [3.63, 3.8) is 0 Å². The highest BCUT2D eigenvalue weighted by molar-refractivity contribution is 5.56. The first-order chi connectivity index (χ1) is 10.1. The van der Waals surface area contributed by atoms with Gasteiger partial charge in [-0.3, -0.25) is 0 Å². The highest BCUT2D eigenvalue weighted by Gasteiger charge is 2.26. The Balaban J connectivity index is 2.19. The van der Waals surface area contributed by atoms with Crippen LogP contribution in [0, 0.1) is 11.7 Å². The molecule has 2 N–H and O–H groups in total. The van der Waals surface area contributed by atoms with Crippen LogP contribution in [0.2, 0.25) is 0 Å². The molecule has 118 valence electrons. The van der Waals surface area contributed by atoms with E-state index in [1.54, 1.807) is 6.07 Å². The minimum atomic E-state index is -0.181. The van der Waals surface area contributed by atoms with E-state index in [2.05, 4.69) is 24.1 Å². The highest BCUT2D eigenvalue weighted by atomic mass is 19.1. The average molecular weight is 294 g/mol. The average Bonchev–Trinajstić information content (AvgIpc) is 2.47. The Kier molecular flexibility index (Phi) is 6.00. The molecule has 1 aliphatic rings. The maximum absolute atomic E-state index is 14.4. The third-order valence-corrected chi connectivity index (χ3v) is 4.06. The van der Waals surface area contributed by atoms with Gasteiger partial charge in [-0.05, 0) is 43.4 Å². The Morgan fingerprint density at radius 2 is 2.19 bits per heavy atom. The van der Waals surface area contributed by atoms with E-state index in [-0.39, 0.29) is 18.5 Å². The van der Waals surface area contributed by atoms with Gasteiger partial charge in [-0.25, -0.2) is 4.39 Å². The van der Waals surface area contributed by atoms with Crippen molar-refractivity contribution in [1.82, 2.24) is 5.32 Å². The molecule has 1 aliphatic heterocycles. The highest BCUT2D eigenvalue weighted by Crippen LogP contribution is 2.30. The summed E-state index contributed by atoms with van der Waals surface area (Å²) < 4.78 is 14.4. The Labute approximate surface area is 127 Å². The van der Waals surface area contributed by atoms with Crippen molar-refractivity contribution in [2.45, 2.75) is 45.7 Å². The molecule has 0 amide bonds. The van der Waals surface area contributed by atoms with Crippen molar-refractivity contribution >= 4 is 5.69 Å². The molecule has 0 saturated carbocycles. The van der Waals surface area contributed by atoms with Crippen LogP contribution in [0.15, 0.2) is 18.2 Å². The van der Waals surface area contributed by atoms with E-state index in [0.717, 1.165) is 37.9 Å². The number of aliphatic hydroxyl groups is 1. The second kappa shape index (κ2) is 7.76. The topological polar surface area (TPSA) is 35.5 Å². The number of halogens is 1. The Bertz CT molecular complexity index is 450. The lowest BCUT2D eigenvalue weighted by molar-refractivity contribution is 0.239. The molecular formula is C17H27FN2O. The van der Waals surface area contributed by atoms with Crippen LogP contribution in [0.3, 0.4) is 0 Å². The zero-order valence-corrected chi connectivity index (χ0v) is 13.1. The number of nitrogens with one attached hydrogen (secondary N) is 1. The summed E-state index contributed by atoms with van der Waals surface area (Å²) in [5.74, 6) is 0.390. The lowest BCUT2D eigenvalue weighted by Crippen LogP contribution is -2.43. The molecule has 0 spiro atoms. The predicted molar refractivity (Wildman–Crippen MR) is 85.0 cm³/mol. The fourth-order valence-electron chi connectivity index (χ4n) is 3.00. The van der Waals surface area contributed by atoms with Crippen LogP contribution in [-0.2, 0) is 6.54 Å². The standard InChI is InChI=1S/C17H27FN2O/c1-13(2)10-19-11-14-6-5-8-16(18)17(14)20-9-4-3-7-15(20)12-21/h5-6,8,13,15,19,21H,3-4,7,9-12H2,1-2H3. The number of nitrogens with zero attached hydrogens (tertiary/aromatic N) is 1. The summed E-state index contributed by atoms with van der Waals surface area (Å²) in [6.45, 7) is 6.81. The number of anilines is 1. The van der Waals surface area contributed by atoms with Gasteiger partial charge in [-0.2, -0.15) is 0 Å². The molecule has 4 heteroatoms. The lowest BCUT2D eigenvalue weighted by atomic mass is 10.00. The molecule has 0 aromatic heterocycles. The van der Waals surface area contributed by atoms with Gasteiger partial charge in [0.2, 0.25) is 0 Å². The Morgan fingerprint density at radius 1 is 1.38 bits per heavy atom. The second-order valence-corrected chi connectivity index (χ2v) is 6.30. The normalized spacial score (nSPS) is 19.3. The molecule has 0 radical (unpaired) electrons. The Morgan fingerprint density at radius 3 is 2.90 bits per heavy atom. The third-order valence-electron chi connectivity index (χ3n) is 4.06. The lowest BCUT2D eigenvalue weighted by Gasteiger charge is -2.38. The van der Waals surface area contributed by atoms with Gasteiger partial charge < -0.3 is 15.3 Å². The first kappa shape index (κ1) is 16.2. The maximum atomic E-state index is 14.4. The molecule has 2 rings (SSSR count). The molecule has 0 aliphatic carbocycles. The van der Waals surface area contributed by atoms with Crippen LogP contribution in [0.4, 0.5) is 10.1 Å². The van der Waals surface area contributed by atoms with E-state index in [0.29, 0.717) is 18.2 Å². The summed E-state index contributed by atoms with van der Waals surface area (Å²) in [5, 5.41) is 13.0. The number of benzene rings is 1. The van der Waals surface area contributed by atoms with Crippen molar-refractivity contribution in [2.75, 3.05) is 24.6 Å². The molecular weight excluding hydrogens is 267 g/mol. The zero-order chi connectivity index (χ0) is 15.2. The van der Waals surface area contributed by atoms with Gasteiger partial charge in [0.05, 0.1) is 18.3 Å². The first-order valence-corrected chi connectivity index (χ1v) is 7.99. The summed E-state index contributed by atoms with van der Waals surface area (Å²) in [6.07, 6.45) is 3.10. The van der Waals surface area contributed by atoms with Crippen LogP contribution in [0.5, 0.6) is 0 Å². The number of hydrogen-bond acceptors (Lipinski definition) is 3. The molecule has 1 aromatic rings. The fourth-order valence-corrected chi connectivity index (χ4v) is 3.00. The van der Waals surface area contributed by atoms with Gasteiger partial charge in [0, 0.05) is 13.1 Å².